The van der Waals surface area contributed by atoms with E-state index in [1.807, 2.05) is 0 Å². The van der Waals surface area contributed by atoms with E-state index in [0.29, 0.717) is 5.54 Å². The zero-order valence-corrected chi connectivity index (χ0v) is 6.52. The van der Waals surface area contributed by atoms with Crippen molar-refractivity contribution in [3.05, 3.63) is 12.2 Å². The highest BCUT2D eigenvalue weighted by atomic mass is 15.2. The molecule has 9 heavy (non-hydrogen) atoms. The van der Waals surface area contributed by atoms with Gasteiger partial charge in [-0.1, -0.05) is 19.1 Å². The van der Waals surface area contributed by atoms with Crippen molar-refractivity contribution in [3.8, 4) is 0 Å². The average molecular weight is 125 g/mol. The summed E-state index contributed by atoms with van der Waals surface area (Å²) in [5.74, 6) is 0. The minimum Gasteiger partial charge on any atom is -0.291 e. The Hall–Kier alpha value is -0.300. The van der Waals surface area contributed by atoms with Crippen molar-refractivity contribution in [3.63, 3.8) is 0 Å². The molecular weight excluding hydrogens is 110 g/mol. The van der Waals surface area contributed by atoms with E-state index in [1.165, 1.54) is 0 Å². The van der Waals surface area contributed by atoms with Gasteiger partial charge in [-0.2, -0.15) is 0 Å². The maximum atomic E-state index is 2.44. The number of nitrogens with zero attached hydrogens (tertiary/aromatic N) is 1. The number of likely N-dealkylation sites (N-methyl/N-ethyl adjacent to an activating group) is 1. The highest BCUT2D eigenvalue weighted by molar-refractivity contribution is 5.10. The third-order valence-corrected chi connectivity index (χ3v) is 2.05. The van der Waals surface area contributed by atoms with Gasteiger partial charge in [0, 0.05) is 12.1 Å². The van der Waals surface area contributed by atoms with E-state index in [-0.39, 0.29) is 0 Å². The first kappa shape index (κ1) is 6.81. The lowest BCUT2D eigenvalue weighted by Crippen LogP contribution is -2.38. The van der Waals surface area contributed by atoms with Crippen LogP contribution in [0.1, 0.15) is 20.8 Å². The number of hydrogen-bond acceptors (Lipinski definition) is 1. The van der Waals surface area contributed by atoms with Crippen molar-refractivity contribution in [2.75, 3.05) is 13.1 Å². The smallest absolute Gasteiger partial charge is 0.0338 e. The average Bonchev–Trinajstić information content (AvgIpc) is 2.08. The Bertz CT molecular complexity index is 125. The van der Waals surface area contributed by atoms with Gasteiger partial charge in [0.25, 0.3) is 0 Å². The van der Waals surface area contributed by atoms with Gasteiger partial charge < -0.3 is 0 Å². The predicted molar refractivity (Wildman–Crippen MR) is 40.5 cm³/mol. The molecule has 0 spiro atoms. The Morgan fingerprint density at radius 3 is 2.44 bits per heavy atom. The zero-order valence-electron chi connectivity index (χ0n) is 6.52. The molecule has 52 valence electrons. The Kier molecular flexibility index (Phi) is 1.62. The summed E-state index contributed by atoms with van der Waals surface area (Å²) in [6.45, 7) is 8.98. The Morgan fingerprint density at radius 1 is 1.56 bits per heavy atom. The second kappa shape index (κ2) is 2.14. The van der Waals surface area contributed by atoms with E-state index in [9.17, 15) is 0 Å². The number of hydrogen-bond donors (Lipinski definition) is 0. The summed E-state index contributed by atoms with van der Waals surface area (Å²) in [5.41, 5.74) is 0.314. The minimum absolute atomic E-state index is 0.314. The predicted octanol–water partition coefficient (Wildman–Crippen LogP) is 1.66. The molecule has 1 nitrogen and oxygen atoms in total. The Labute approximate surface area is 57.4 Å². The molecule has 0 saturated heterocycles. The van der Waals surface area contributed by atoms with Crippen LogP contribution in [0.3, 0.4) is 0 Å². The lowest BCUT2D eigenvalue weighted by Gasteiger charge is -2.29. The molecule has 0 radical (unpaired) electrons. The van der Waals surface area contributed by atoms with Crippen molar-refractivity contribution in [2.45, 2.75) is 26.3 Å². The highest BCUT2D eigenvalue weighted by Crippen LogP contribution is 2.20. The van der Waals surface area contributed by atoms with Gasteiger partial charge in [-0.25, -0.2) is 0 Å². The van der Waals surface area contributed by atoms with Crippen molar-refractivity contribution in [1.82, 2.24) is 4.90 Å². The molecule has 0 aromatic carbocycles. The van der Waals surface area contributed by atoms with Gasteiger partial charge in [0.1, 0.15) is 0 Å². The van der Waals surface area contributed by atoms with Gasteiger partial charge in [-0.3, -0.25) is 4.90 Å². The Morgan fingerprint density at radius 2 is 2.22 bits per heavy atom. The first-order chi connectivity index (χ1) is 4.17. The van der Waals surface area contributed by atoms with Crippen LogP contribution in [0.4, 0.5) is 0 Å². The van der Waals surface area contributed by atoms with Crippen LogP contribution >= 0.6 is 0 Å². The summed E-state index contributed by atoms with van der Waals surface area (Å²) < 4.78 is 0. The topological polar surface area (TPSA) is 3.24 Å². The largest absolute Gasteiger partial charge is 0.291 e. The monoisotopic (exact) mass is 125 g/mol. The molecular formula is C8H15N. The third-order valence-electron chi connectivity index (χ3n) is 2.05. The van der Waals surface area contributed by atoms with Gasteiger partial charge in [-0.05, 0) is 20.4 Å². The fraction of sp³-hybridized carbons (Fsp3) is 0.750. The van der Waals surface area contributed by atoms with Gasteiger partial charge in [0.15, 0.2) is 0 Å². The molecule has 0 aromatic rings. The van der Waals surface area contributed by atoms with Crippen LogP contribution in [0, 0.1) is 0 Å². The van der Waals surface area contributed by atoms with Crippen LogP contribution < -0.4 is 0 Å². The van der Waals surface area contributed by atoms with Gasteiger partial charge in [0.05, 0.1) is 0 Å². The first-order valence-corrected chi connectivity index (χ1v) is 3.59. The molecule has 0 atom stereocenters. The number of rotatable bonds is 1. The fourth-order valence-electron chi connectivity index (χ4n) is 1.35. The molecule has 0 fully saturated rings. The van der Waals surface area contributed by atoms with Gasteiger partial charge in [0.2, 0.25) is 0 Å². The molecule has 0 N–H and O–H groups in total. The summed E-state index contributed by atoms with van der Waals surface area (Å²) in [7, 11) is 0. The van der Waals surface area contributed by atoms with Crippen LogP contribution in [0.5, 0.6) is 0 Å². The molecule has 1 aliphatic rings. The molecule has 1 aliphatic heterocycles. The molecule has 1 rings (SSSR count). The van der Waals surface area contributed by atoms with E-state index in [4.69, 9.17) is 0 Å². The maximum Gasteiger partial charge on any atom is 0.0338 e. The first-order valence-electron chi connectivity index (χ1n) is 3.59. The molecule has 0 aromatic heterocycles. The lowest BCUT2D eigenvalue weighted by atomic mass is 10.1. The van der Waals surface area contributed by atoms with Crippen LogP contribution in [-0.2, 0) is 0 Å². The normalized spacial score (nSPS) is 25.2. The third kappa shape index (κ3) is 1.16. The quantitative estimate of drug-likeness (QED) is 0.482. The molecule has 1 heterocycles. The zero-order chi connectivity index (χ0) is 6.91. The van der Waals surface area contributed by atoms with Crippen LogP contribution in [0.15, 0.2) is 12.2 Å². The maximum absolute atomic E-state index is 2.44. The molecule has 0 bridgehead atoms. The summed E-state index contributed by atoms with van der Waals surface area (Å²) in [4.78, 5) is 2.44. The van der Waals surface area contributed by atoms with E-state index in [0.717, 1.165) is 13.1 Å². The molecule has 0 amide bonds. The van der Waals surface area contributed by atoms with Gasteiger partial charge in [-0.15, -0.1) is 0 Å². The van der Waals surface area contributed by atoms with Crippen molar-refractivity contribution in [1.29, 1.82) is 0 Å². The molecule has 0 aliphatic carbocycles. The molecule has 0 saturated carbocycles. The molecule has 0 unspecified atom stereocenters. The van der Waals surface area contributed by atoms with E-state index in [2.05, 4.69) is 37.8 Å². The van der Waals surface area contributed by atoms with E-state index < -0.39 is 0 Å². The van der Waals surface area contributed by atoms with E-state index >= 15 is 0 Å². The van der Waals surface area contributed by atoms with Gasteiger partial charge >= 0.3 is 0 Å². The van der Waals surface area contributed by atoms with Crippen molar-refractivity contribution >= 4 is 0 Å². The SMILES string of the molecule is CCN1CC=CC1(C)C. The van der Waals surface area contributed by atoms with Crippen molar-refractivity contribution < 1.29 is 0 Å². The highest BCUT2D eigenvalue weighted by Gasteiger charge is 2.24. The summed E-state index contributed by atoms with van der Waals surface area (Å²) in [6, 6.07) is 0. The van der Waals surface area contributed by atoms with Crippen molar-refractivity contribution in [2.24, 2.45) is 0 Å². The molecule has 1 heteroatoms. The van der Waals surface area contributed by atoms with Crippen LogP contribution in [0.2, 0.25) is 0 Å². The standard InChI is InChI=1S/C8H15N/c1-4-9-7-5-6-8(9,2)3/h5-6H,4,7H2,1-3H3. The van der Waals surface area contributed by atoms with Crippen LogP contribution in [0.25, 0.3) is 0 Å². The van der Waals surface area contributed by atoms with Crippen LogP contribution in [-0.4, -0.2) is 23.5 Å². The summed E-state index contributed by atoms with van der Waals surface area (Å²) in [5, 5.41) is 0. The second-order valence-corrected chi connectivity index (χ2v) is 3.09. The lowest BCUT2D eigenvalue weighted by molar-refractivity contribution is 0.210. The second-order valence-electron chi connectivity index (χ2n) is 3.09. The minimum atomic E-state index is 0.314. The summed E-state index contributed by atoms with van der Waals surface area (Å²) in [6.07, 6.45) is 4.51. The fourth-order valence-corrected chi connectivity index (χ4v) is 1.35. The Balaban J connectivity index is 2.60. The summed E-state index contributed by atoms with van der Waals surface area (Å²) >= 11 is 0. The van der Waals surface area contributed by atoms with E-state index in [1.54, 1.807) is 0 Å².